The van der Waals surface area contributed by atoms with Crippen LogP contribution >= 0.6 is 0 Å². The zero-order valence-electron chi connectivity index (χ0n) is 10.7. The minimum Gasteiger partial charge on any atom is -0.466 e. The molecule has 1 rings (SSSR count). The number of hydrogen-bond donors (Lipinski definition) is 0. The van der Waals surface area contributed by atoms with Crippen molar-refractivity contribution in [3.63, 3.8) is 0 Å². The number of esters is 1. The average Bonchev–Trinajstić information content (AvgIpc) is 2.51. The highest BCUT2D eigenvalue weighted by atomic mass is 16.5. The molecule has 16 heavy (non-hydrogen) atoms. The second-order valence-corrected chi connectivity index (χ2v) is 4.60. The fraction of sp³-hybridized carbons (Fsp3) is 0.923. The molecule has 1 aliphatic heterocycles. The molecule has 0 aromatic heterocycles. The zero-order chi connectivity index (χ0) is 11.8. The summed E-state index contributed by atoms with van der Waals surface area (Å²) in [5.41, 5.74) is 0. The molecule has 1 heterocycles. The maximum Gasteiger partial charge on any atom is 0.307 e. The lowest BCUT2D eigenvalue weighted by Gasteiger charge is -2.19. The van der Waals surface area contributed by atoms with Crippen molar-refractivity contribution in [3.05, 3.63) is 0 Å². The van der Waals surface area contributed by atoms with E-state index in [0.717, 1.165) is 25.6 Å². The van der Waals surface area contributed by atoms with Gasteiger partial charge >= 0.3 is 5.97 Å². The summed E-state index contributed by atoms with van der Waals surface area (Å²) in [6.45, 7) is 7.80. The quantitative estimate of drug-likeness (QED) is 0.676. The lowest BCUT2D eigenvalue weighted by Crippen LogP contribution is -2.28. The first-order chi connectivity index (χ1) is 7.76. The molecular weight excluding hydrogens is 202 g/mol. The number of rotatable bonds is 5. The summed E-state index contributed by atoms with van der Waals surface area (Å²) in [4.78, 5) is 13.7. The summed E-state index contributed by atoms with van der Waals surface area (Å²) < 4.78 is 4.94. The molecule has 1 fully saturated rings. The second kappa shape index (κ2) is 7.66. The minimum atomic E-state index is -0.0567. The van der Waals surface area contributed by atoms with Gasteiger partial charge in [-0.05, 0) is 45.2 Å². The molecule has 0 amide bonds. The third kappa shape index (κ3) is 4.97. The lowest BCUT2D eigenvalue weighted by molar-refractivity contribution is -0.143. The molecule has 0 aromatic carbocycles. The molecule has 0 bridgehead atoms. The molecule has 0 aromatic rings. The molecule has 3 heteroatoms. The van der Waals surface area contributed by atoms with Gasteiger partial charge in [0.25, 0.3) is 0 Å². The van der Waals surface area contributed by atoms with Crippen LogP contribution in [-0.2, 0) is 9.53 Å². The monoisotopic (exact) mass is 227 g/mol. The van der Waals surface area contributed by atoms with Gasteiger partial charge < -0.3 is 9.64 Å². The van der Waals surface area contributed by atoms with Gasteiger partial charge in [-0.15, -0.1) is 0 Å². The second-order valence-electron chi connectivity index (χ2n) is 4.60. The number of hydrogen-bond acceptors (Lipinski definition) is 3. The number of nitrogens with zero attached hydrogens (tertiary/aromatic N) is 1. The fourth-order valence-corrected chi connectivity index (χ4v) is 2.34. The topological polar surface area (TPSA) is 29.5 Å². The van der Waals surface area contributed by atoms with E-state index in [9.17, 15) is 4.79 Å². The third-order valence-electron chi connectivity index (χ3n) is 3.46. The first-order valence-electron chi connectivity index (χ1n) is 6.64. The first-order valence-corrected chi connectivity index (χ1v) is 6.64. The Kier molecular flexibility index (Phi) is 6.46. The van der Waals surface area contributed by atoms with Crippen LogP contribution in [0.1, 0.15) is 46.0 Å². The van der Waals surface area contributed by atoms with E-state index in [-0.39, 0.29) is 5.97 Å². The van der Waals surface area contributed by atoms with Crippen molar-refractivity contribution in [3.8, 4) is 0 Å². The maximum atomic E-state index is 11.2. The summed E-state index contributed by atoms with van der Waals surface area (Å²) in [5, 5.41) is 0. The third-order valence-corrected chi connectivity index (χ3v) is 3.46. The molecule has 0 radical (unpaired) electrons. The van der Waals surface area contributed by atoms with Crippen LogP contribution in [0.15, 0.2) is 0 Å². The summed E-state index contributed by atoms with van der Waals surface area (Å²) in [6, 6.07) is 0. The van der Waals surface area contributed by atoms with Crippen LogP contribution in [-0.4, -0.2) is 37.1 Å². The van der Waals surface area contributed by atoms with E-state index in [0.29, 0.717) is 13.0 Å². The van der Waals surface area contributed by atoms with Crippen molar-refractivity contribution in [1.82, 2.24) is 4.90 Å². The van der Waals surface area contributed by atoms with Crippen molar-refractivity contribution in [2.24, 2.45) is 5.92 Å². The smallest absolute Gasteiger partial charge is 0.307 e. The predicted molar refractivity (Wildman–Crippen MR) is 65.3 cm³/mol. The van der Waals surface area contributed by atoms with Crippen molar-refractivity contribution in [2.45, 2.75) is 46.0 Å². The summed E-state index contributed by atoms with van der Waals surface area (Å²) in [5.74, 6) is 0.839. The van der Waals surface area contributed by atoms with Crippen molar-refractivity contribution in [2.75, 3.05) is 26.2 Å². The van der Waals surface area contributed by atoms with Gasteiger partial charge in [0.2, 0.25) is 0 Å². The Morgan fingerprint density at radius 2 is 2.12 bits per heavy atom. The fourth-order valence-electron chi connectivity index (χ4n) is 2.34. The average molecular weight is 227 g/mol. The van der Waals surface area contributed by atoms with Gasteiger partial charge in [0.05, 0.1) is 13.0 Å². The molecule has 3 nitrogen and oxygen atoms in total. The summed E-state index contributed by atoms with van der Waals surface area (Å²) >= 11 is 0. The molecule has 0 N–H and O–H groups in total. The standard InChI is InChI=1S/C13H25NO2/c1-3-12-6-5-9-14(10-7-12)11-8-13(15)16-4-2/h12H,3-11H2,1-2H3. The highest BCUT2D eigenvalue weighted by Crippen LogP contribution is 2.20. The van der Waals surface area contributed by atoms with Gasteiger partial charge in [0, 0.05) is 6.54 Å². The van der Waals surface area contributed by atoms with Crippen LogP contribution in [0.4, 0.5) is 0 Å². The Bertz CT molecular complexity index is 206. The predicted octanol–water partition coefficient (Wildman–Crippen LogP) is 2.45. The molecule has 0 aliphatic carbocycles. The van der Waals surface area contributed by atoms with Crippen LogP contribution in [0, 0.1) is 5.92 Å². The number of carbonyl (C=O) groups excluding carboxylic acids is 1. The molecule has 0 saturated carbocycles. The number of ether oxygens (including phenoxy) is 1. The molecule has 1 unspecified atom stereocenters. The van der Waals surface area contributed by atoms with E-state index in [1.807, 2.05) is 6.92 Å². The zero-order valence-corrected chi connectivity index (χ0v) is 10.7. The Balaban J connectivity index is 2.19. The summed E-state index contributed by atoms with van der Waals surface area (Å²) in [6.07, 6.45) is 5.77. The SMILES string of the molecule is CCOC(=O)CCN1CCCC(CC)CC1. The van der Waals surface area contributed by atoms with E-state index in [1.165, 1.54) is 25.7 Å². The van der Waals surface area contributed by atoms with E-state index < -0.39 is 0 Å². The van der Waals surface area contributed by atoms with Crippen LogP contribution in [0.2, 0.25) is 0 Å². The largest absolute Gasteiger partial charge is 0.466 e. The van der Waals surface area contributed by atoms with E-state index in [4.69, 9.17) is 4.74 Å². The Morgan fingerprint density at radius 1 is 1.31 bits per heavy atom. The van der Waals surface area contributed by atoms with Crippen molar-refractivity contribution in [1.29, 1.82) is 0 Å². The van der Waals surface area contributed by atoms with Crippen molar-refractivity contribution >= 4 is 5.97 Å². The summed E-state index contributed by atoms with van der Waals surface area (Å²) in [7, 11) is 0. The van der Waals surface area contributed by atoms with Gasteiger partial charge in [-0.1, -0.05) is 13.3 Å². The normalized spacial score (nSPS) is 22.8. The van der Waals surface area contributed by atoms with Crippen molar-refractivity contribution < 1.29 is 9.53 Å². The first kappa shape index (κ1) is 13.5. The Morgan fingerprint density at radius 3 is 2.81 bits per heavy atom. The van der Waals surface area contributed by atoms with Gasteiger partial charge in [-0.3, -0.25) is 4.79 Å². The molecule has 94 valence electrons. The van der Waals surface area contributed by atoms with Crippen LogP contribution in [0.3, 0.4) is 0 Å². The number of likely N-dealkylation sites (tertiary alicyclic amines) is 1. The number of carbonyl (C=O) groups is 1. The van der Waals surface area contributed by atoms with Gasteiger partial charge in [0.1, 0.15) is 0 Å². The van der Waals surface area contributed by atoms with Crippen LogP contribution < -0.4 is 0 Å². The highest BCUT2D eigenvalue weighted by Gasteiger charge is 2.16. The van der Waals surface area contributed by atoms with E-state index in [1.54, 1.807) is 0 Å². The molecular formula is C13H25NO2. The maximum absolute atomic E-state index is 11.2. The highest BCUT2D eigenvalue weighted by molar-refractivity contribution is 5.69. The molecule has 1 aliphatic rings. The molecule has 1 atom stereocenters. The molecule has 0 spiro atoms. The minimum absolute atomic E-state index is 0.0567. The van der Waals surface area contributed by atoms with Gasteiger partial charge in [0.15, 0.2) is 0 Å². The Labute approximate surface area is 99.1 Å². The Hall–Kier alpha value is -0.570. The van der Waals surface area contributed by atoms with E-state index >= 15 is 0 Å². The van der Waals surface area contributed by atoms with E-state index in [2.05, 4.69) is 11.8 Å². The van der Waals surface area contributed by atoms with Gasteiger partial charge in [-0.2, -0.15) is 0 Å². The van der Waals surface area contributed by atoms with Crippen LogP contribution in [0.25, 0.3) is 0 Å². The lowest BCUT2D eigenvalue weighted by atomic mass is 9.98. The van der Waals surface area contributed by atoms with Gasteiger partial charge in [-0.25, -0.2) is 0 Å². The molecule has 1 saturated heterocycles. The van der Waals surface area contributed by atoms with Crippen LogP contribution in [0.5, 0.6) is 0 Å².